The third-order valence-corrected chi connectivity index (χ3v) is 6.23. The number of carbonyl (C=O) groups excluding carboxylic acids is 1. The summed E-state index contributed by atoms with van der Waals surface area (Å²) in [5.74, 6) is -0.0586. The van der Waals surface area contributed by atoms with Crippen LogP contribution < -0.4 is 5.73 Å². The van der Waals surface area contributed by atoms with E-state index in [0.717, 1.165) is 29.4 Å². The number of benzene rings is 1. The van der Waals surface area contributed by atoms with E-state index in [-0.39, 0.29) is 11.9 Å². The quantitative estimate of drug-likeness (QED) is 0.523. The molecule has 1 atom stereocenters. The van der Waals surface area contributed by atoms with Crippen LogP contribution in [0, 0.1) is 6.92 Å². The fourth-order valence-corrected chi connectivity index (χ4v) is 4.66. The van der Waals surface area contributed by atoms with Crippen molar-refractivity contribution in [2.75, 3.05) is 13.1 Å². The van der Waals surface area contributed by atoms with E-state index in [1.807, 2.05) is 47.9 Å². The van der Waals surface area contributed by atoms with Gasteiger partial charge in [0.15, 0.2) is 0 Å². The Labute approximate surface area is 184 Å². The highest BCUT2D eigenvalue weighted by molar-refractivity contribution is 5.95. The Kier molecular flexibility index (Phi) is 5.17. The smallest absolute Gasteiger partial charge is 0.256 e. The zero-order valence-corrected chi connectivity index (χ0v) is 17.8. The van der Waals surface area contributed by atoms with Crippen LogP contribution in [0.1, 0.15) is 28.9 Å². The largest absolute Gasteiger partial charge is 0.337 e. The molecular formula is C24H25F2N5O. The average Bonchev–Trinajstić information content (AvgIpc) is 3.30. The Hall–Kier alpha value is -3.26. The summed E-state index contributed by atoms with van der Waals surface area (Å²) in [4.78, 5) is 19.5. The number of halogens is 2. The number of aryl methyl sites for hydroxylation is 1. The summed E-state index contributed by atoms with van der Waals surface area (Å²) in [6.07, 6.45) is 1.16. The van der Waals surface area contributed by atoms with E-state index in [1.54, 1.807) is 21.6 Å². The second-order valence-electron chi connectivity index (χ2n) is 8.43. The third kappa shape index (κ3) is 3.54. The molecule has 6 nitrogen and oxygen atoms in total. The second-order valence-corrected chi connectivity index (χ2v) is 8.43. The number of nitrogens with two attached hydrogens (primary N) is 1. The van der Waals surface area contributed by atoms with Gasteiger partial charge in [-0.05, 0) is 44.0 Å². The Morgan fingerprint density at radius 2 is 2.06 bits per heavy atom. The molecule has 1 aliphatic rings. The molecule has 0 saturated carbocycles. The monoisotopic (exact) mass is 437 g/mol. The molecule has 1 amide bonds. The van der Waals surface area contributed by atoms with Crippen LogP contribution in [0.15, 0.2) is 48.7 Å². The van der Waals surface area contributed by atoms with E-state index in [4.69, 9.17) is 10.7 Å². The first-order valence-corrected chi connectivity index (χ1v) is 10.8. The van der Waals surface area contributed by atoms with Gasteiger partial charge in [0.05, 0.1) is 12.2 Å². The maximum atomic E-state index is 13.4. The van der Waals surface area contributed by atoms with E-state index >= 15 is 0 Å². The van der Waals surface area contributed by atoms with Crippen molar-refractivity contribution in [1.82, 2.24) is 18.9 Å². The van der Waals surface area contributed by atoms with Crippen LogP contribution in [0.5, 0.6) is 0 Å². The first kappa shape index (κ1) is 20.6. The van der Waals surface area contributed by atoms with Gasteiger partial charge in [0.1, 0.15) is 11.3 Å². The molecule has 0 radical (unpaired) electrons. The van der Waals surface area contributed by atoms with Crippen molar-refractivity contribution in [2.45, 2.75) is 38.8 Å². The number of para-hydroxylation sites is 1. The standard InChI is InChI=1S/C24H25F2N5O/c1-15-23(20-11-16-5-2-3-7-19(16)31(20)14-21(25)26)28-22-12-17(8-10-30(15)22)24(32)29-9-4-6-18(27)13-29/h2-3,5,7-8,10-12,18,21H,4,6,9,13-14,27H2,1H3. The number of likely N-dealkylation sites (tertiary alicyclic amines) is 1. The van der Waals surface area contributed by atoms with Crippen LogP contribution in [-0.4, -0.2) is 50.3 Å². The average molecular weight is 437 g/mol. The van der Waals surface area contributed by atoms with E-state index in [0.29, 0.717) is 35.7 Å². The number of alkyl halides is 2. The third-order valence-electron chi connectivity index (χ3n) is 6.23. The summed E-state index contributed by atoms with van der Waals surface area (Å²) in [6, 6.07) is 12.9. The second kappa shape index (κ2) is 8.02. The minimum absolute atomic E-state index is 0.00783. The van der Waals surface area contributed by atoms with Gasteiger partial charge in [-0.1, -0.05) is 18.2 Å². The molecule has 1 saturated heterocycles. The van der Waals surface area contributed by atoms with Gasteiger partial charge in [0, 0.05) is 47.5 Å². The van der Waals surface area contributed by atoms with Crippen LogP contribution in [0.25, 0.3) is 27.9 Å². The van der Waals surface area contributed by atoms with Gasteiger partial charge in [-0.3, -0.25) is 4.79 Å². The number of imidazole rings is 1. The van der Waals surface area contributed by atoms with E-state index in [9.17, 15) is 13.6 Å². The highest BCUT2D eigenvalue weighted by atomic mass is 19.3. The van der Waals surface area contributed by atoms with Crippen molar-refractivity contribution in [3.63, 3.8) is 0 Å². The van der Waals surface area contributed by atoms with Crippen LogP contribution in [0.2, 0.25) is 0 Å². The number of hydrogen-bond donors (Lipinski definition) is 1. The summed E-state index contributed by atoms with van der Waals surface area (Å²) in [5, 5.41) is 0.886. The van der Waals surface area contributed by atoms with Crippen molar-refractivity contribution in [3.8, 4) is 11.4 Å². The van der Waals surface area contributed by atoms with Gasteiger partial charge in [0.2, 0.25) is 0 Å². The van der Waals surface area contributed by atoms with Gasteiger partial charge >= 0.3 is 0 Å². The number of pyridine rings is 1. The highest BCUT2D eigenvalue weighted by Crippen LogP contribution is 2.31. The van der Waals surface area contributed by atoms with E-state index < -0.39 is 13.0 Å². The maximum Gasteiger partial charge on any atom is 0.256 e. The van der Waals surface area contributed by atoms with Gasteiger partial charge in [0.25, 0.3) is 12.3 Å². The van der Waals surface area contributed by atoms with Crippen LogP contribution >= 0.6 is 0 Å². The molecule has 8 heteroatoms. The summed E-state index contributed by atoms with van der Waals surface area (Å²) in [7, 11) is 0. The van der Waals surface area contributed by atoms with Gasteiger partial charge < -0.3 is 19.6 Å². The molecular weight excluding hydrogens is 412 g/mol. The lowest BCUT2D eigenvalue weighted by Crippen LogP contribution is -2.45. The predicted octanol–water partition coefficient (Wildman–Crippen LogP) is 4.09. The summed E-state index contributed by atoms with van der Waals surface area (Å²) < 4.78 is 30.3. The van der Waals surface area contributed by atoms with Crippen molar-refractivity contribution in [2.24, 2.45) is 5.73 Å². The Morgan fingerprint density at radius 3 is 2.84 bits per heavy atom. The zero-order valence-electron chi connectivity index (χ0n) is 17.8. The van der Waals surface area contributed by atoms with E-state index in [1.165, 1.54) is 0 Å². The van der Waals surface area contributed by atoms with Crippen molar-refractivity contribution >= 4 is 22.5 Å². The number of piperidine rings is 1. The molecule has 3 aromatic heterocycles. The number of amides is 1. The number of hydrogen-bond acceptors (Lipinski definition) is 3. The molecule has 2 N–H and O–H groups in total. The SMILES string of the molecule is Cc1c(-c2cc3ccccc3n2CC(F)F)nc2cc(C(=O)N3CCCC(N)C3)ccn12. The maximum absolute atomic E-state index is 13.4. The van der Waals surface area contributed by atoms with Gasteiger partial charge in [-0.25, -0.2) is 13.8 Å². The summed E-state index contributed by atoms with van der Waals surface area (Å²) >= 11 is 0. The number of rotatable bonds is 4. The molecule has 1 aromatic carbocycles. The van der Waals surface area contributed by atoms with Crippen molar-refractivity contribution in [1.29, 1.82) is 0 Å². The first-order chi connectivity index (χ1) is 15.4. The molecule has 166 valence electrons. The molecule has 1 aliphatic heterocycles. The fourth-order valence-electron chi connectivity index (χ4n) is 4.66. The van der Waals surface area contributed by atoms with Crippen LogP contribution in [0.4, 0.5) is 8.78 Å². The van der Waals surface area contributed by atoms with Gasteiger partial charge in [-0.15, -0.1) is 0 Å². The number of fused-ring (bicyclic) bond motifs is 2. The minimum Gasteiger partial charge on any atom is -0.337 e. The zero-order chi connectivity index (χ0) is 22.4. The van der Waals surface area contributed by atoms with Gasteiger partial charge in [-0.2, -0.15) is 0 Å². The lowest BCUT2D eigenvalue weighted by molar-refractivity contribution is 0.0708. The molecule has 1 fully saturated rings. The molecule has 1 unspecified atom stereocenters. The highest BCUT2D eigenvalue weighted by Gasteiger charge is 2.24. The normalized spacial score (nSPS) is 17.0. The first-order valence-electron chi connectivity index (χ1n) is 10.8. The minimum atomic E-state index is -2.48. The van der Waals surface area contributed by atoms with Crippen LogP contribution in [-0.2, 0) is 6.54 Å². The molecule has 0 bridgehead atoms. The lowest BCUT2D eigenvalue weighted by atomic mass is 10.1. The number of nitrogens with zero attached hydrogens (tertiary/aromatic N) is 4. The number of aromatic nitrogens is 3. The fraction of sp³-hybridized carbons (Fsp3) is 0.333. The number of carbonyl (C=O) groups is 1. The summed E-state index contributed by atoms with van der Waals surface area (Å²) in [5.41, 5.74) is 10.0. The molecule has 32 heavy (non-hydrogen) atoms. The topological polar surface area (TPSA) is 68.6 Å². The molecule has 0 aliphatic carbocycles. The molecule has 5 rings (SSSR count). The Morgan fingerprint density at radius 1 is 1.25 bits per heavy atom. The molecule has 4 aromatic rings. The van der Waals surface area contributed by atoms with Crippen molar-refractivity contribution < 1.29 is 13.6 Å². The molecule has 0 spiro atoms. The molecule has 4 heterocycles. The van der Waals surface area contributed by atoms with Crippen molar-refractivity contribution in [3.05, 3.63) is 59.9 Å². The lowest BCUT2D eigenvalue weighted by Gasteiger charge is -2.30. The summed E-state index contributed by atoms with van der Waals surface area (Å²) in [6.45, 7) is 2.75. The Bertz CT molecular complexity index is 1310. The van der Waals surface area contributed by atoms with Crippen LogP contribution in [0.3, 0.4) is 0 Å². The Balaban J connectivity index is 1.58. The predicted molar refractivity (Wildman–Crippen MR) is 120 cm³/mol. The van der Waals surface area contributed by atoms with E-state index in [2.05, 4.69) is 0 Å².